The third-order valence-electron chi connectivity index (χ3n) is 5.68. The molecule has 3 amide bonds. The summed E-state index contributed by atoms with van der Waals surface area (Å²) in [6.45, 7) is 0.185. The molecular formula is C26H22N2O7. The third kappa shape index (κ3) is 4.98. The summed E-state index contributed by atoms with van der Waals surface area (Å²) in [6.07, 6.45) is 0.194. The molecule has 1 heterocycles. The molecule has 0 saturated heterocycles. The first kappa shape index (κ1) is 23.5. The number of carboxylic acid groups (broad SMARTS) is 1. The zero-order valence-corrected chi connectivity index (χ0v) is 18.8. The largest absolute Gasteiger partial charge is 0.506 e. The number of carbonyl (C=O) groups excluding carboxylic acids is 3. The van der Waals surface area contributed by atoms with Gasteiger partial charge in [-0.05, 0) is 60.0 Å². The minimum Gasteiger partial charge on any atom is -0.506 e. The van der Waals surface area contributed by atoms with Gasteiger partial charge in [0.25, 0.3) is 17.7 Å². The Labute approximate surface area is 200 Å². The number of rotatable bonds is 8. The van der Waals surface area contributed by atoms with Crippen LogP contribution in [0.25, 0.3) is 0 Å². The summed E-state index contributed by atoms with van der Waals surface area (Å²) in [5, 5.41) is 21.5. The van der Waals surface area contributed by atoms with Crippen LogP contribution in [0.1, 0.15) is 42.2 Å². The van der Waals surface area contributed by atoms with Gasteiger partial charge in [-0.15, -0.1) is 0 Å². The Hall–Kier alpha value is -4.66. The van der Waals surface area contributed by atoms with Crippen LogP contribution in [-0.4, -0.2) is 52.5 Å². The van der Waals surface area contributed by atoms with E-state index < -0.39 is 23.7 Å². The fourth-order valence-electron chi connectivity index (χ4n) is 3.83. The first-order valence-corrected chi connectivity index (χ1v) is 10.7. The van der Waals surface area contributed by atoms with Crippen LogP contribution in [0.3, 0.4) is 0 Å². The van der Waals surface area contributed by atoms with E-state index in [1.54, 1.807) is 19.2 Å². The number of benzene rings is 3. The Morgan fingerprint density at radius 1 is 0.914 bits per heavy atom. The van der Waals surface area contributed by atoms with Crippen LogP contribution < -0.4 is 10.1 Å². The van der Waals surface area contributed by atoms with Gasteiger partial charge in [0.2, 0.25) is 0 Å². The lowest BCUT2D eigenvalue weighted by molar-refractivity contribution is -0.136. The van der Waals surface area contributed by atoms with E-state index in [-0.39, 0.29) is 41.1 Å². The van der Waals surface area contributed by atoms with Crippen LogP contribution in [0.4, 0.5) is 5.69 Å². The van der Waals surface area contributed by atoms with Gasteiger partial charge in [-0.1, -0.05) is 18.2 Å². The third-order valence-corrected chi connectivity index (χ3v) is 5.68. The summed E-state index contributed by atoms with van der Waals surface area (Å²) in [5.74, 6) is -2.10. The number of phenolic OH excluding ortho intramolecular Hbond substituents is 1. The Balaban J connectivity index is 1.48. The molecular weight excluding hydrogens is 452 g/mol. The van der Waals surface area contributed by atoms with Gasteiger partial charge >= 0.3 is 5.97 Å². The maximum absolute atomic E-state index is 12.9. The fraction of sp³-hybridized carbons (Fsp3) is 0.154. The summed E-state index contributed by atoms with van der Waals surface area (Å²) >= 11 is 0. The molecule has 3 N–H and O–H groups in total. The number of imide groups is 1. The van der Waals surface area contributed by atoms with Gasteiger partial charge < -0.3 is 20.3 Å². The minimum absolute atomic E-state index is 0.0396. The van der Waals surface area contributed by atoms with E-state index in [2.05, 4.69) is 5.32 Å². The van der Waals surface area contributed by atoms with Gasteiger partial charge in [-0.25, -0.2) is 0 Å². The van der Waals surface area contributed by atoms with Crippen molar-refractivity contribution in [3.05, 3.63) is 88.5 Å². The number of phenols is 1. The predicted octanol–water partition coefficient (Wildman–Crippen LogP) is 3.12. The molecule has 0 fully saturated rings. The van der Waals surface area contributed by atoms with Crippen molar-refractivity contribution < 1.29 is 34.1 Å². The van der Waals surface area contributed by atoms with Gasteiger partial charge in [0.15, 0.2) is 0 Å². The number of amides is 3. The molecule has 0 aromatic heterocycles. The van der Waals surface area contributed by atoms with E-state index in [1.807, 2.05) is 12.1 Å². The highest BCUT2D eigenvalue weighted by molar-refractivity contribution is 6.22. The first-order chi connectivity index (χ1) is 16.8. The number of carbonyl (C=O) groups is 4. The normalized spacial score (nSPS) is 12.4. The standard InChI is InChI=1S/C26H22N2O7/c1-35-18-6-2-15(3-7-18)10-11-28-25(33)19-8-5-17(14-20(19)26(28)34)24(32)27-21-12-16(13-23(30)31)4-9-22(21)29/h2-9,12,14,29H,10-11,13H2,1H3,(H,27,32)(H,30,31). The highest BCUT2D eigenvalue weighted by Crippen LogP contribution is 2.27. The Morgan fingerprint density at radius 2 is 1.60 bits per heavy atom. The monoisotopic (exact) mass is 474 g/mol. The number of hydrogen-bond acceptors (Lipinski definition) is 6. The number of methoxy groups -OCH3 is 1. The Morgan fingerprint density at radius 3 is 2.29 bits per heavy atom. The zero-order valence-electron chi connectivity index (χ0n) is 18.8. The second kappa shape index (κ2) is 9.68. The van der Waals surface area contributed by atoms with Crippen molar-refractivity contribution in [3.63, 3.8) is 0 Å². The fourth-order valence-corrected chi connectivity index (χ4v) is 3.83. The molecule has 0 spiro atoms. The number of ether oxygens (including phenoxy) is 1. The van der Waals surface area contributed by atoms with Crippen LogP contribution in [0.15, 0.2) is 60.7 Å². The quantitative estimate of drug-likeness (QED) is 0.337. The highest BCUT2D eigenvalue weighted by Gasteiger charge is 2.35. The molecule has 9 nitrogen and oxygen atoms in total. The van der Waals surface area contributed by atoms with Crippen molar-refractivity contribution in [1.82, 2.24) is 4.90 Å². The molecule has 9 heteroatoms. The number of carboxylic acids is 1. The van der Waals surface area contributed by atoms with E-state index in [0.717, 1.165) is 10.5 Å². The number of hydrogen-bond donors (Lipinski definition) is 3. The van der Waals surface area contributed by atoms with E-state index in [0.29, 0.717) is 17.7 Å². The molecule has 1 aliphatic heterocycles. The molecule has 0 atom stereocenters. The molecule has 4 rings (SSSR count). The molecule has 35 heavy (non-hydrogen) atoms. The maximum atomic E-state index is 12.9. The molecule has 0 aliphatic carbocycles. The number of aromatic hydroxyl groups is 1. The average molecular weight is 474 g/mol. The predicted molar refractivity (Wildman–Crippen MR) is 126 cm³/mol. The van der Waals surface area contributed by atoms with Crippen molar-refractivity contribution in [3.8, 4) is 11.5 Å². The van der Waals surface area contributed by atoms with E-state index in [4.69, 9.17) is 9.84 Å². The SMILES string of the molecule is COc1ccc(CCN2C(=O)c3ccc(C(=O)Nc4cc(CC(=O)O)ccc4O)cc3C2=O)cc1. The van der Waals surface area contributed by atoms with Gasteiger partial charge in [-0.3, -0.25) is 24.1 Å². The topological polar surface area (TPSA) is 133 Å². The second-order valence-electron chi connectivity index (χ2n) is 8.00. The van der Waals surface area contributed by atoms with Crippen molar-refractivity contribution in [2.45, 2.75) is 12.8 Å². The van der Waals surface area contributed by atoms with Crippen LogP contribution in [-0.2, 0) is 17.6 Å². The number of anilines is 1. The summed E-state index contributed by atoms with van der Waals surface area (Å²) in [6, 6.07) is 15.6. The van der Waals surface area contributed by atoms with E-state index >= 15 is 0 Å². The smallest absolute Gasteiger partial charge is 0.307 e. The molecule has 3 aromatic carbocycles. The van der Waals surface area contributed by atoms with Crippen LogP contribution >= 0.6 is 0 Å². The average Bonchev–Trinajstić information content (AvgIpc) is 3.08. The lowest BCUT2D eigenvalue weighted by atomic mass is 10.0. The van der Waals surface area contributed by atoms with Gasteiger partial charge in [-0.2, -0.15) is 0 Å². The van der Waals surface area contributed by atoms with E-state index in [1.165, 1.54) is 36.4 Å². The van der Waals surface area contributed by atoms with E-state index in [9.17, 15) is 24.3 Å². The molecule has 3 aromatic rings. The molecule has 1 aliphatic rings. The summed E-state index contributed by atoms with van der Waals surface area (Å²) in [4.78, 5) is 50.6. The minimum atomic E-state index is -1.05. The highest BCUT2D eigenvalue weighted by atomic mass is 16.5. The second-order valence-corrected chi connectivity index (χ2v) is 8.00. The van der Waals surface area contributed by atoms with Crippen molar-refractivity contribution in [1.29, 1.82) is 0 Å². The number of nitrogens with one attached hydrogen (secondary N) is 1. The maximum Gasteiger partial charge on any atom is 0.307 e. The number of nitrogens with zero attached hydrogens (tertiary/aromatic N) is 1. The molecule has 0 saturated carbocycles. The van der Waals surface area contributed by atoms with Crippen LogP contribution in [0, 0.1) is 0 Å². The van der Waals surface area contributed by atoms with Crippen molar-refractivity contribution >= 4 is 29.4 Å². The van der Waals surface area contributed by atoms with Crippen LogP contribution in [0.5, 0.6) is 11.5 Å². The molecule has 0 radical (unpaired) electrons. The summed E-state index contributed by atoms with van der Waals surface area (Å²) < 4.78 is 5.13. The van der Waals surface area contributed by atoms with Crippen LogP contribution in [0.2, 0.25) is 0 Å². The lowest BCUT2D eigenvalue weighted by Gasteiger charge is -2.13. The molecule has 0 bridgehead atoms. The van der Waals surface area contributed by atoms with Crippen molar-refractivity contribution in [2.75, 3.05) is 19.0 Å². The Kier molecular flexibility index (Phi) is 6.50. The first-order valence-electron chi connectivity index (χ1n) is 10.7. The number of fused-ring (bicyclic) bond motifs is 1. The molecule has 178 valence electrons. The summed E-state index contributed by atoms with van der Waals surface area (Å²) in [5.41, 5.74) is 1.83. The van der Waals surface area contributed by atoms with Crippen molar-refractivity contribution in [2.24, 2.45) is 0 Å². The summed E-state index contributed by atoms with van der Waals surface area (Å²) in [7, 11) is 1.57. The number of aliphatic carboxylic acids is 1. The Bertz CT molecular complexity index is 1330. The molecule has 0 unspecified atom stereocenters. The van der Waals surface area contributed by atoms with Gasteiger partial charge in [0.05, 0.1) is 30.3 Å². The van der Waals surface area contributed by atoms with Gasteiger partial charge in [0.1, 0.15) is 11.5 Å². The van der Waals surface area contributed by atoms with Gasteiger partial charge in [0, 0.05) is 12.1 Å². The zero-order chi connectivity index (χ0) is 25.1. The lowest BCUT2D eigenvalue weighted by Crippen LogP contribution is -2.31.